The summed E-state index contributed by atoms with van der Waals surface area (Å²) in [4.78, 5) is 40.7. The first kappa shape index (κ1) is 23.5. The van der Waals surface area contributed by atoms with E-state index in [1.54, 1.807) is 46.2 Å². The summed E-state index contributed by atoms with van der Waals surface area (Å²) in [5, 5.41) is 5.49. The van der Waals surface area contributed by atoms with Crippen LogP contribution in [0.2, 0.25) is 0 Å². The normalized spacial score (nSPS) is 16.3. The van der Waals surface area contributed by atoms with Crippen molar-refractivity contribution in [1.82, 2.24) is 15.1 Å². The molecule has 2 fully saturated rings. The molecule has 2 saturated heterocycles. The van der Waals surface area contributed by atoms with Crippen molar-refractivity contribution < 1.29 is 23.5 Å². The molecule has 4 amide bonds. The van der Waals surface area contributed by atoms with Gasteiger partial charge in [-0.25, -0.2) is 9.18 Å². The van der Waals surface area contributed by atoms with Crippen LogP contribution in [0, 0.1) is 5.82 Å². The number of piperidine rings is 1. The van der Waals surface area contributed by atoms with Crippen LogP contribution >= 0.6 is 0 Å². The second-order valence-electron chi connectivity index (χ2n) is 8.54. The number of urea groups is 1. The van der Waals surface area contributed by atoms with Crippen LogP contribution in [0.5, 0.6) is 5.75 Å². The minimum atomic E-state index is -0.362. The Kier molecular flexibility index (Phi) is 7.61. The molecule has 0 saturated carbocycles. The molecule has 9 heteroatoms. The Hall–Kier alpha value is -3.62. The van der Waals surface area contributed by atoms with E-state index in [9.17, 15) is 18.8 Å². The zero-order valence-electron chi connectivity index (χ0n) is 19.0. The van der Waals surface area contributed by atoms with Crippen LogP contribution in [0.25, 0.3) is 0 Å². The number of likely N-dealkylation sites (tertiary alicyclic amines) is 2. The average molecular weight is 469 g/mol. The van der Waals surface area contributed by atoms with Crippen LogP contribution in [0.15, 0.2) is 48.5 Å². The molecule has 2 aliphatic rings. The number of nitrogens with one attached hydrogen (secondary N) is 2. The maximum atomic E-state index is 13.3. The molecule has 0 atom stereocenters. The number of hydrogen-bond acceptors (Lipinski definition) is 4. The van der Waals surface area contributed by atoms with Crippen molar-refractivity contribution in [3.05, 3.63) is 59.9 Å². The van der Waals surface area contributed by atoms with Gasteiger partial charge in [0.2, 0.25) is 5.91 Å². The topological polar surface area (TPSA) is 91.0 Å². The van der Waals surface area contributed by atoms with Crippen LogP contribution in [-0.2, 0) is 4.79 Å². The van der Waals surface area contributed by atoms with Gasteiger partial charge in [0, 0.05) is 56.3 Å². The molecular weight excluding hydrogens is 439 g/mol. The van der Waals surface area contributed by atoms with Gasteiger partial charge >= 0.3 is 6.03 Å². The first-order valence-corrected chi connectivity index (χ1v) is 11.6. The molecule has 0 bridgehead atoms. The lowest BCUT2D eigenvalue weighted by Crippen LogP contribution is -2.43. The Labute approximate surface area is 198 Å². The number of carbonyl (C=O) groups is 3. The molecule has 34 heavy (non-hydrogen) atoms. The first-order valence-electron chi connectivity index (χ1n) is 11.6. The van der Waals surface area contributed by atoms with Crippen LogP contribution in [0.3, 0.4) is 0 Å². The van der Waals surface area contributed by atoms with E-state index in [0.717, 1.165) is 25.9 Å². The third-order valence-corrected chi connectivity index (χ3v) is 6.06. The number of ether oxygens (including phenoxy) is 1. The highest BCUT2D eigenvalue weighted by atomic mass is 19.1. The quantitative estimate of drug-likeness (QED) is 0.681. The zero-order valence-corrected chi connectivity index (χ0v) is 19.0. The molecule has 0 spiro atoms. The summed E-state index contributed by atoms with van der Waals surface area (Å²) in [7, 11) is 0. The number of rotatable bonds is 6. The Morgan fingerprint density at radius 1 is 0.941 bits per heavy atom. The number of hydrogen-bond donors (Lipinski definition) is 2. The molecule has 4 rings (SSSR count). The molecule has 2 N–H and O–H groups in total. The fourth-order valence-corrected chi connectivity index (χ4v) is 4.19. The van der Waals surface area contributed by atoms with E-state index >= 15 is 0 Å². The maximum absolute atomic E-state index is 13.3. The number of benzene rings is 2. The van der Waals surface area contributed by atoms with Crippen LogP contribution in [-0.4, -0.2) is 66.5 Å². The fraction of sp³-hybridized carbons (Fsp3) is 0.400. The second-order valence-corrected chi connectivity index (χ2v) is 8.54. The number of halogens is 1. The number of nitrogens with zero attached hydrogens (tertiary/aromatic N) is 2. The largest absolute Gasteiger partial charge is 0.490 e. The Morgan fingerprint density at radius 2 is 1.68 bits per heavy atom. The summed E-state index contributed by atoms with van der Waals surface area (Å²) in [6.07, 6.45) is 3.19. The third kappa shape index (κ3) is 6.24. The molecule has 2 heterocycles. The smallest absolute Gasteiger partial charge is 0.321 e. The highest BCUT2D eigenvalue weighted by molar-refractivity contribution is 5.98. The van der Waals surface area contributed by atoms with Crippen molar-refractivity contribution in [2.45, 2.75) is 31.8 Å². The van der Waals surface area contributed by atoms with Gasteiger partial charge in [-0.1, -0.05) is 12.1 Å². The predicted molar refractivity (Wildman–Crippen MR) is 125 cm³/mol. The van der Waals surface area contributed by atoms with Crippen molar-refractivity contribution in [2.75, 3.05) is 38.0 Å². The Morgan fingerprint density at radius 3 is 2.41 bits per heavy atom. The first-order chi connectivity index (χ1) is 16.5. The van der Waals surface area contributed by atoms with Crippen molar-refractivity contribution >= 4 is 23.5 Å². The summed E-state index contributed by atoms with van der Waals surface area (Å²) >= 11 is 0. The minimum absolute atomic E-state index is 0.0396. The number of anilines is 1. The molecule has 2 aromatic rings. The van der Waals surface area contributed by atoms with Gasteiger partial charge in [0.05, 0.1) is 6.54 Å². The van der Waals surface area contributed by atoms with Gasteiger partial charge in [-0.3, -0.25) is 9.59 Å². The Balaban J connectivity index is 1.24. The Bertz CT molecular complexity index is 1030. The van der Waals surface area contributed by atoms with Gasteiger partial charge in [0.1, 0.15) is 17.7 Å². The molecule has 0 unspecified atom stereocenters. The lowest BCUT2D eigenvalue weighted by Gasteiger charge is -2.32. The lowest BCUT2D eigenvalue weighted by molar-refractivity contribution is -0.129. The van der Waals surface area contributed by atoms with E-state index in [4.69, 9.17) is 4.74 Å². The van der Waals surface area contributed by atoms with E-state index in [2.05, 4.69) is 10.6 Å². The molecular formula is C25H29FN4O4. The van der Waals surface area contributed by atoms with Crippen molar-refractivity contribution in [1.29, 1.82) is 0 Å². The van der Waals surface area contributed by atoms with Crippen LogP contribution < -0.4 is 15.4 Å². The molecule has 0 aromatic heterocycles. The maximum Gasteiger partial charge on any atom is 0.321 e. The highest BCUT2D eigenvalue weighted by Gasteiger charge is 2.24. The third-order valence-electron chi connectivity index (χ3n) is 6.06. The second kappa shape index (κ2) is 11.0. The molecule has 180 valence electrons. The van der Waals surface area contributed by atoms with Gasteiger partial charge in [-0.05, 0) is 43.2 Å². The molecule has 2 aliphatic heterocycles. The lowest BCUT2D eigenvalue weighted by atomic mass is 10.1. The summed E-state index contributed by atoms with van der Waals surface area (Å²) in [6.45, 7) is 2.45. The predicted octanol–water partition coefficient (Wildman–Crippen LogP) is 3.25. The number of carbonyl (C=O) groups excluding carboxylic acids is 3. The fourth-order valence-electron chi connectivity index (χ4n) is 4.19. The molecule has 2 aromatic carbocycles. The minimum Gasteiger partial charge on any atom is -0.490 e. The van der Waals surface area contributed by atoms with E-state index in [-0.39, 0.29) is 36.3 Å². The van der Waals surface area contributed by atoms with Gasteiger partial charge in [-0.2, -0.15) is 0 Å². The average Bonchev–Trinajstić information content (AvgIpc) is 3.38. The van der Waals surface area contributed by atoms with Crippen molar-refractivity contribution in [3.63, 3.8) is 0 Å². The van der Waals surface area contributed by atoms with E-state index in [1.165, 1.54) is 12.1 Å². The van der Waals surface area contributed by atoms with Crippen LogP contribution in [0.4, 0.5) is 14.9 Å². The van der Waals surface area contributed by atoms with Crippen molar-refractivity contribution in [3.8, 4) is 5.75 Å². The van der Waals surface area contributed by atoms with Gasteiger partial charge in [0.25, 0.3) is 5.91 Å². The summed E-state index contributed by atoms with van der Waals surface area (Å²) < 4.78 is 19.2. The van der Waals surface area contributed by atoms with Crippen molar-refractivity contribution in [2.24, 2.45) is 0 Å². The SMILES string of the molecule is O=C(NCC(=O)N1CCCC1)c1cccc(NC(=O)N2CCC(Oc3cccc(F)c3)CC2)c1. The van der Waals surface area contributed by atoms with E-state index in [1.807, 2.05) is 0 Å². The standard InChI is InChI=1S/C25H29FN4O4/c26-19-6-4-8-22(16-19)34-21-9-13-30(14-10-21)25(33)28-20-7-3-5-18(15-20)24(32)27-17-23(31)29-11-1-2-12-29/h3-8,15-16,21H,1-2,9-14,17H2,(H,27,32)(H,28,33). The number of amides is 4. The zero-order chi connectivity index (χ0) is 23.9. The molecule has 0 radical (unpaired) electrons. The summed E-state index contributed by atoms with van der Waals surface area (Å²) in [6, 6.07) is 12.4. The summed E-state index contributed by atoms with van der Waals surface area (Å²) in [5.41, 5.74) is 0.871. The highest BCUT2D eigenvalue weighted by Crippen LogP contribution is 2.21. The van der Waals surface area contributed by atoms with Gasteiger partial charge < -0.3 is 25.2 Å². The van der Waals surface area contributed by atoms with E-state index < -0.39 is 0 Å². The summed E-state index contributed by atoms with van der Waals surface area (Å²) in [5.74, 6) is -0.303. The molecule has 0 aliphatic carbocycles. The van der Waals surface area contributed by atoms with Gasteiger partial charge in [-0.15, -0.1) is 0 Å². The molecule has 8 nitrogen and oxygen atoms in total. The monoisotopic (exact) mass is 468 g/mol. The van der Waals surface area contributed by atoms with Crippen LogP contribution in [0.1, 0.15) is 36.0 Å². The van der Waals surface area contributed by atoms with Gasteiger partial charge in [0.15, 0.2) is 0 Å². The van der Waals surface area contributed by atoms with E-state index in [0.29, 0.717) is 42.9 Å².